The van der Waals surface area contributed by atoms with Gasteiger partial charge in [0.15, 0.2) is 0 Å². The fraction of sp³-hybridized carbons (Fsp3) is 0.0250. The molecular weight excluding hydrogens is 494 g/mol. The SMILES string of the molecule is Cc1cc2ccc3c(-c4cccnc4)cc(-c4cc(-c5ccccc5)cc(-c5ccccc5)c4)c4ccc(c1)c2c34. The van der Waals surface area contributed by atoms with Gasteiger partial charge < -0.3 is 0 Å². The van der Waals surface area contributed by atoms with Crippen LogP contribution in [0.1, 0.15) is 5.56 Å². The second-order valence-electron chi connectivity index (χ2n) is 10.9. The van der Waals surface area contributed by atoms with Crippen molar-refractivity contribution in [3.8, 4) is 44.5 Å². The van der Waals surface area contributed by atoms with Crippen LogP contribution in [0.15, 0.2) is 146 Å². The number of pyridine rings is 1. The first-order valence-electron chi connectivity index (χ1n) is 14.1. The van der Waals surface area contributed by atoms with Crippen LogP contribution < -0.4 is 0 Å². The van der Waals surface area contributed by atoms with E-state index in [4.69, 9.17) is 0 Å². The first-order valence-corrected chi connectivity index (χ1v) is 14.1. The Morgan fingerprint density at radius 3 is 1.51 bits per heavy atom. The Hall–Kier alpha value is -5.27. The van der Waals surface area contributed by atoms with Crippen molar-refractivity contribution in [3.63, 3.8) is 0 Å². The number of benzene rings is 7. The lowest BCUT2D eigenvalue weighted by Gasteiger charge is -2.19. The summed E-state index contributed by atoms with van der Waals surface area (Å²) >= 11 is 0. The van der Waals surface area contributed by atoms with E-state index in [2.05, 4.69) is 139 Å². The minimum absolute atomic E-state index is 1.13. The minimum atomic E-state index is 1.13. The third kappa shape index (κ3) is 3.98. The highest BCUT2D eigenvalue weighted by Gasteiger charge is 2.18. The fourth-order valence-corrected chi connectivity index (χ4v) is 6.45. The average molecular weight is 522 g/mol. The Kier molecular flexibility index (Phi) is 5.43. The largest absolute Gasteiger partial charge is 0.264 e. The van der Waals surface area contributed by atoms with E-state index in [-0.39, 0.29) is 0 Å². The first kappa shape index (κ1) is 23.6. The third-order valence-corrected chi connectivity index (χ3v) is 8.29. The van der Waals surface area contributed by atoms with Crippen LogP contribution >= 0.6 is 0 Å². The number of aryl methyl sites for hydroxylation is 1. The molecule has 0 fully saturated rings. The molecule has 0 spiro atoms. The van der Waals surface area contributed by atoms with E-state index in [0.29, 0.717) is 0 Å². The van der Waals surface area contributed by atoms with E-state index in [1.54, 1.807) is 0 Å². The summed E-state index contributed by atoms with van der Waals surface area (Å²) in [6.45, 7) is 2.18. The van der Waals surface area contributed by atoms with Crippen LogP contribution in [-0.4, -0.2) is 4.98 Å². The fourth-order valence-electron chi connectivity index (χ4n) is 6.45. The quantitative estimate of drug-likeness (QED) is 0.210. The number of aromatic nitrogens is 1. The van der Waals surface area contributed by atoms with E-state index in [0.717, 1.165) is 5.56 Å². The van der Waals surface area contributed by atoms with Crippen LogP contribution in [0.4, 0.5) is 0 Å². The van der Waals surface area contributed by atoms with Gasteiger partial charge in [0.1, 0.15) is 0 Å². The molecule has 0 bridgehead atoms. The van der Waals surface area contributed by atoms with Gasteiger partial charge in [-0.05, 0) is 114 Å². The summed E-state index contributed by atoms with van der Waals surface area (Å²) in [5.74, 6) is 0. The van der Waals surface area contributed by atoms with Crippen LogP contribution in [0, 0.1) is 6.92 Å². The number of rotatable bonds is 4. The molecule has 8 aromatic rings. The molecule has 0 atom stereocenters. The Balaban J connectivity index is 1.50. The average Bonchev–Trinajstić information content (AvgIpc) is 3.04. The van der Waals surface area contributed by atoms with E-state index in [1.807, 2.05) is 18.5 Å². The monoisotopic (exact) mass is 521 g/mol. The van der Waals surface area contributed by atoms with Gasteiger partial charge in [0, 0.05) is 18.0 Å². The zero-order chi connectivity index (χ0) is 27.3. The maximum atomic E-state index is 4.49. The van der Waals surface area contributed by atoms with Gasteiger partial charge >= 0.3 is 0 Å². The number of hydrogen-bond acceptors (Lipinski definition) is 1. The van der Waals surface area contributed by atoms with Gasteiger partial charge in [0.05, 0.1) is 0 Å². The first-order chi connectivity index (χ1) is 20.2. The van der Waals surface area contributed by atoms with E-state index < -0.39 is 0 Å². The minimum Gasteiger partial charge on any atom is -0.264 e. The predicted molar refractivity (Wildman–Crippen MR) is 174 cm³/mol. The summed E-state index contributed by atoms with van der Waals surface area (Å²) in [6.07, 6.45) is 3.83. The van der Waals surface area contributed by atoms with Crippen LogP contribution in [0.25, 0.3) is 76.8 Å². The van der Waals surface area contributed by atoms with Gasteiger partial charge in [-0.2, -0.15) is 0 Å². The molecular formula is C40H27N. The second kappa shape index (κ2) is 9.43. The zero-order valence-electron chi connectivity index (χ0n) is 22.8. The molecule has 8 rings (SSSR count). The van der Waals surface area contributed by atoms with Crippen molar-refractivity contribution >= 4 is 32.3 Å². The number of hydrogen-bond donors (Lipinski definition) is 0. The summed E-state index contributed by atoms with van der Waals surface area (Å²) in [4.78, 5) is 4.49. The van der Waals surface area contributed by atoms with Crippen molar-refractivity contribution < 1.29 is 0 Å². The van der Waals surface area contributed by atoms with Gasteiger partial charge in [-0.15, -0.1) is 0 Å². The molecule has 0 radical (unpaired) electrons. The Bertz CT molecular complexity index is 2100. The zero-order valence-corrected chi connectivity index (χ0v) is 22.8. The number of nitrogens with zero attached hydrogens (tertiary/aromatic N) is 1. The van der Waals surface area contributed by atoms with Crippen molar-refractivity contribution in [1.82, 2.24) is 4.98 Å². The van der Waals surface area contributed by atoms with E-state index in [9.17, 15) is 0 Å². The molecule has 0 aliphatic rings. The highest BCUT2D eigenvalue weighted by atomic mass is 14.6. The Labute approximate surface area is 239 Å². The molecule has 7 aromatic carbocycles. The summed E-state index contributed by atoms with van der Waals surface area (Å²) < 4.78 is 0. The van der Waals surface area contributed by atoms with Crippen molar-refractivity contribution in [2.75, 3.05) is 0 Å². The smallest absolute Gasteiger partial charge is 0.0346 e. The third-order valence-electron chi connectivity index (χ3n) is 8.29. The molecule has 0 N–H and O–H groups in total. The van der Waals surface area contributed by atoms with Gasteiger partial charge in [-0.3, -0.25) is 4.98 Å². The molecule has 1 heteroatoms. The molecule has 1 heterocycles. The summed E-state index contributed by atoms with van der Waals surface area (Å²) in [5, 5.41) is 7.77. The van der Waals surface area contributed by atoms with Gasteiger partial charge in [0.25, 0.3) is 0 Å². The highest BCUT2D eigenvalue weighted by Crippen LogP contribution is 2.45. The standard InChI is InChI=1S/C40H27N/c1-26-19-29-14-16-35-37(31-13-8-18-41-25-31)24-38(36-17-15-30(20-26)39(29)40(35)36)34-22-32(27-9-4-2-5-10-27)21-33(23-34)28-11-6-3-7-12-28/h2-25H,1H3. The van der Waals surface area contributed by atoms with Crippen molar-refractivity contribution in [2.24, 2.45) is 0 Å². The highest BCUT2D eigenvalue weighted by molar-refractivity contribution is 6.28. The lowest BCUT2D eigenvalue weighted by molar-refractivity contribution is 1.33. The normalized spacial score (nSPS) is 11.5. The van der Waals surface area contributed by atoms with Gasteiger partial charge in [0.2, 0.25) is 0 Å². The molecule has 0 saturated heterocycles. The Morgan fingerprint density at radius 1 is 0.415 bits per heavy atom. The maximum Gasteiger partial charge on any atom is 0.0346 e. The van der Waals surface area contributed by atoms with Crippen molar-refractivity contribution in [2.45, 2.75) is 6.92 Å². The molecule has 0 saturated carbocycles. The second-order valence-corrected chi connectivity index (χ2v) is 10.9. The van der Waals surface area contributed by atoms with Crippen LogP contribution in [-0.2, 0) is 0 Å². The van der Waals surface area contributed by atoms with Crippen molar-refractivity contribution in [3.05, 3.63) is 151 Å². The lowest BCUT2D eigenvalue weighted by atomic mass is 9.84. The van der Waals surface area contributed by atoms with Crippen LogP contribution in [0.5, 0.6) is 0 Å². The van der Waals surface area contributed by atoms with Crippen LogP contribution in [0.3, 0.4) is 0 Å². The topological polar surface area (TPSA) is 12.9 Å². The summed E-state index contributed by atoms with van der Waals surface area (Å²) in [7, 11) is 0. The lowest BCUT2D eigenvalue weighted by Crippen LogP contribution is -1.93. The maximum absolute atomic E-state index is 4.49. The van der Waals surface area contributed by atoms with Gasteiger partial charge in [-0.25, -0.2) is 0 Å². The van der Waals surface area contributed by atoms with E-state index >= 15 is 0 Å². The molecule has 0 aliphatic carbocycles. The Morgan fingerprint density at radius 2 is 0.951 bits per heavy atom. The molecule has 1 aromatic heterocycles. The molecule has 0 unspecified atom stereocenters. The van der Waals surface area contributed by atoms with E-state index in [1.165, 1.54) is 76.8 Å². The van der Waals surface area contributed by atoms with Crippen molar-refractivity contribution in [1.29, 1.82) is 0 Å². The molecule has 41 heavy (non-hydrogen) atoms. The molecule has 192 valence electrons. The molecule has 1 nitrogen and oxygen atoms in total. The van der Waals surface area contributed by atoms with Gasteiger partial charge in [-0.1, -0.05) is 103 Å². The van der Waals surface area contributed by atoms with Crippen LogP contribution in [0.2, 0.25) is 0 Å². The molecule has 0 aliphatic heterocycles. The summed E-state index contributed by atoms with van der Waals surface area (Å²) in [5.41, 5.74) is 10.9. The predicted octanol–water partition coefficient (Wildman–Crippen LogP) is 11.0. The summed E-state index contributed by atoms with van der Waals surface area (Å²) in [6, 6.07) is 48.8. The molecule has 0 amide bonds.